The maximum atomic E-state index is 13.0. The van der Waals surface area contributed by atoms with Crippen LogP contribution < -0.4 is 5.32 Å². The quantitative estimate of drug-likeness (QED) is 0.898. The molecule has 1 aliphatic heterocycles. The van der Waals surface area contributed by atoms with E-state index in [1.807, 2.05) is 13.8 Å². The van der Waals surface area contributed by atoms with Gasteiger partial charge in [-0.2, -0.15) is 4.31 Å². The van der Waals surface area contributed by atoms with E-state index in [0.29, 0.717) is 10.3 Å². The fraction of sp³-hybridized carbons (Fsp3) is 0.615. The lowest BCUT2D eigenvalue weighted by atomic mass is 10.0. The molecular formula is C13H20BrN3O2S. The van der Waals surface area contributed by atoms with Crippen molar-refractivity contribution in [1.29, 1.82) is 0 Å². The van der Waals surface area contributed by atoms with Gasteiger partial charge in [-0.15, -0.1) is 0 Å². The molecular weight excluding hydrogens is 342 g/mol. The molecule has 1 aliphatic rings. The van der Waals surface area contributed by atoms with E-state index in [9.17, 15) is 8.42 Å². The van der Waals surface area contributed by atoms with Crippen molar-refractivity contribution in [3.63, 3.8) is 0 Å². The van der Waals surface area contributed by atoms with E-state index in [0.717, 1.165) is 19.3 Å². The molecule has 1 aromatic heterocycles. The maximum Gasteiger partial charge on any atom is 0.247 e. The third-order valence-corrected chi connectivity index (χ3v) is 6.30. The third kappa shape index (κ3) is 2.84. The second kappa shape index (κ2) is 5.99. The number of hydrogen-bond acceptors (Lipinski definition) is 4. The van der Waals surface area contributed by atoms with Crippen LogP contribution in [0, 0.1) is 0 Å². The molecule has 2 atom stereocenters. The lowest BCUT2D eigenvalue weighted by Gasteiger charge is -2.37. The molecule has 1 saturated heterocycles. The molecule has 0 saturated carbocycles. The van der Waals surface area contributed by atoms with Crippen molar-refractivity contribution in [3.8, 4) is 0 Å². The van der Waals surface area contributed by atoms with Crippen molar-refractivity contribution in [2.24, 2.45) is 0 Å². The molecule has 112 valence electrons. The number of halogens is 1. The van der Waals surface area contributed by atoms with E-state index in [1.54, 1.807) is 23.6 Å². The molecule has 20 heavy (non-hydrogen) atoms. The number of anilines is 1. The number of piperidine rings is 1. The van der Waals surface area contributed by atoms with E-state index in [2.05, 4.69) is 26.2 Å². The highest BCUT2D eigenvalue weighted by Gasteiger charge is 2.37. The van der Waals surface area contributed by atoms with Crippen LogP contribution in [-0.2, 0) is 10.0 Å². The SMILES string of the molecule is CNc1ncc(Br)cc1S(=O)(=O)N1[C@H](C)CCC[C@@H]1C. The van der Waals surface area contributed by atoms with Gasteiger partial charge >= 0.3 is 0 Å². The monoisotopic (exact) mass is 361 g/mol. The second-order valence-electron chi connectivity index (χ2n) is 5.21. The number of aromatic nitrogens is 1. The largest absolute Gasteiger partial charge is 0.372 e. The highest BCUT2D eigenvalue weighted by molar-refractivity contribution is 9.10. The van der Waals surface area contributed by atoms with E-state index in [-0.39, 0.29) is 17.0 Å². The lowest BCUT2D eigenvalue weighted by Crippen LogP contribution is -2.47. The summed E-state index contributed by atoms with van der Waals surface area (Å²) in [4.78, 5) is 4.38. The molecule has 2 heterocycles. The summed E-state index contributed by atoms with van der Waals surface area (Å²) in [5.41, 5.74) is 0. The molecule has 1 fully saturated rings. The Labute approximate surface area is 129 Å². The summed E-state index contributed by atoms with van der Waals surface area (Å²) in [6.45, 7) is 3.94. The molecule has 2 rings (SSSR count). The van der Waals surface area contributed by atoms with Gasteiger partial charge in [-0.3, -0.25) is 0 Å². The molecule has 0 radical (unpaired) electrons. The van der Waals surface area contributed by atoms with E-state index in [4.69, 9.17) is 0 Å². The predicted molar refractivity (Wildman–Crippen MR) is 83.3 cm³/mol. The molecule has 0 aliphatic carbocycles. The first-order valence-corrected chi connectivity index (χ1v) is 8.98. The van der Waals surface area contributed by atoms with Gasteiger partial charge in [0.15, 0.2) is 0 Å². The Morgan fingerprint density at radius 2 is 1.95 bits per heavy atom. The summed E-state index contributed by atoms with van der Waals surface area (Å²) in [6, 6.07) is 1.65. The van der Waals surface area contributed by atoms with Crippen molar-refractivity contribution in [2.45, 2.75) is 50.1 Å². The van der Waals surface area contributed by atoms with Crippen LogP contribution in [0.15, 0.2) is 21.6 Å². The fourth-order valence-electron chi connectivity index (χ4n) is 2.79. The zero-order valence-electron chi connectivity index (χ0n) is 11.9. The van der Waals surface area contributed by atoms with Crippen LogP contribution in [0.1, 0.15) is 33.1 Å². The van der Waals surface area contributed by atoms with Gasteiger partial charge in [-0.05, 0) is 48.7 Å². The number of nitrogens with zero attached hydrogens (tertiary/aromatic N) is 2. The molecule has 1 N–H and O–H groups in total. The standard InChI is InChI=1S/C13H20BrN3O2S/c1-9-5-4-6-10(2)17(9)20(18,19)12-7-11(14)8-16-13(12)15-3/h7-10H,4-6H2,1-3H3,(H,15,16)/t9-,10+. The molecule has 0 aromatic carbocycles. The normalized spacial score (nSPS) is 24.6. The van der Waals surface area contributed by atoms with Gasteiger partial charge in [0.25, 0.3) is 0 Å². The molecule has 0 amide bonds. The minimum absolute atomic E-state index is 0.0208. The highest BCUT2D eigenvalue weighted by atomic mass is 79.9. The van der Waals surface area contributed by atoms with Gasteiger partial charge in [0, 0.05) is 29.8 Å². The topological polar surface area (TPSA) is 62.3 Å². The molecule has 7 heteroatoms. The Morgan fingerprint density at radius 3 is 2.50 bits per heavy atom. The summed E-state index contributed by atoms with van der Waals surface area (Å²) in [6.07, 6.45) is 4.47. The maximum absolute atomic E-state index is 13.0. The molecule has 0 unspecified atom stereocenters. The average Bonchev–Trinajstić information content (AvgIpc) is 2.38. The van der Waals surface area contributed by atoms with Crippen LogP contribution in [0.2, 0.25) is 0 Å². The number of rotatable bonds is 3. The van der Waals surface area contributed by atoms with Crippen molar-refractivity contribution in [3.05, 3.63) is 16.7 Å². The third-order valence-electron chi connectivity index (χ3n) is 3.72. The molecule has 0 bridgehead atoms. The van der Waals surface area contributed by atoms with Crippen LogP contribution in [0.25, 0.3) is 0 Å². The highest BCUT2D eigenvalue weighted by Crippen LogP contribution is 2.32. The van der Waals surface area contributed by atoms with Crippen LogP contribution in [0.4, 0.5) is 5.82 Å². The number of pyridine rings is 1. The Hall–Kier alpha value is -0.660. The van der Waals surface area contributed by atoms with Crippen LogP contribution >= 0.6 is 15.9 Å². The summed E-state index contributed by atoms with van der Waals surface area (Å²) in [7, 11) is -1.87. The Kier molecular flexibility index (Phi) is 4.71. The van der Waals surface area contributed by atoms with E-state index in [1.165, 1.54) is 0 Å². The van der Waals surface area contributed by atoms with Gasteiger partial charge in [0.05, 0.1) is 0 Å². The first-order valence-electron chi connectivity index (χ1n) is 6.74. The number of sulfonamides is 1. The van der Waals surface area contributed by atoms with Gasteiger partial charge in [0.2, 0.25) is 10.0 Å². The number of hydrogen-bond donors (Lipinski definition) is 1. The summed E-state index contributed by atoms with van der Waals surface area (Å²) >= 11 is 3.30. The summed E-state index contributed by atoms with van der Waals surface area (Å²) in [5.74, 6) is 0.387. The van der Waals surface area contributed by atoms with Gasteiger partial charge in [-0.25, -0.2) is 13.4 Å². The van der Waals surface area contributed by atoms with Gasteiger partial charge in [-0.1, -0.05) is 6.42 Å². The number of nitrogens with one attached hydrogen (secondary N) is 1. The molecule has 1 aromatic rings. The molecule has 5 nitrogen and oxygen atoms in total. The first kappa shape index (κ1) is 15.7. The Morgan fingerprint density at radius 1 is 1.35 bits per heavy atom. The molecule has 0 spiro atoms. The van der Waals surface area contributed by atoms with Gasteiger partial charge < -0.3 is 5.32 Å². The minimum atomic E-state index is -3.55. The van der Waals surface area contributed by atoms with Crippen LogP contribution in [0.5, 0.6) is 0 Å². The minimum Gasteiger partial charge on any atom is -0.372 e. The van der Waals surface area contributed by atoms with Gasteiger partial charge in [0.1, 0.15) is 10.7 Å². The van der Waals surface area contributed by atoms with Crippen LogP contribution in [-0.4, -0.2) is 36.8 Å². The lowest BCUT2D eigenvalue weighted by molar-refractivity contribution is 0.204. The average molecular weight is 362 g/mol. The second-order valence-corrected chi connectivity index (χ2v) is 7.94. The Bertz CT molecular complexity index is 581. The first-order chi connectivity index (χ1) is 9.37. The Balaban J connectivity index is 2.51. The summed E-state index contributed by atoms with van der Waals surface area (Å²) in [5, 5.41) is 2.86. The smallest absolute Gasteiger partial charge is 0.247 e. The van der Waals surface area contributed by atoms with Crippen molar-refractivity contribution in [1.82, 2.24) is 9.29 Å². The van der Waals surface area contributed by atoms with E-state index >= 15 is 0 Å². The summed E-state index contributed by atoms with van der Waals surface area (Å²) < 4.78 is 28.2. The van der Waals surface area contributed by atoms with E-state index < -0.39 is 10.0 Å². The zero-order chi connectivity index (χ0) is 14.9. The predicted octanol–water partition coefficient (Wildman–Crippen LogP) is 2.84. The van der Waals surface area contributed by atoms with Crippen molar-refractivity contribution < 1.29 is 8.42 Å². The van der Waals surface area contributed by atoms with Crippen molar-refractivity contribution in [2.75, 3.05) is 12.4 Å². The fourth-order valence-corrected chi connectivity index (χ4v) is 5.33. The van der Waals surface area contributed by atoms with Crippen molar-refractivity contribution >= 4 is 31.8 Å². The van der Waals surface area contributed by atoms with Crippen LogP contribution in [0.3, 0.4) is 0 Å². The zero-order valence-corrected chi connectivity index (χ0v) is 14.3.